The average Bonchev–Trinajstić information content (AvgIpc) is 2.42. The highest BCUT2D eigenvalue weighted by atomic mass is 35.5. The summed E-state index contributed by atoms with van der Waals surface area (Å²) in [7, 11) is -3.25. The van der Waals surface area contributed by atoms with E-state index in [0.717, 1.165) is 11.8 Å². The number of carbonyl (C=O) groups is 1. The molecule has 0 saturated heterocycles. The molecule has 2 aromatic rings. The van der Waals surface area contributed by atoms with Crippen molar-refractivity contribution in [1.29, 1.82) is 0 Å². The number of hydrogen-bond acceptors (Lipinski definition) is 3. The van der Waals surface area contributed by atoms with E-state index in [1.165, 1.54) is 12.1 Å². The predicted octanol–water partition coefficient (Wildman–Crippen LogP) is 3.58. The van der Waals surface area contributed by atoms with E-state index >= 15 is 0 Å². The minimum Gasteiger partial charge on any atom is -0.326 e. The van der Waals surface area contributed by atoms with Crippen LogP contribution in [0, 0.1) is 0 Å². The van der Waals surface area contributed by atoms with Crippen LogP contribution >= 0.6 is 23.2 Å². The molecule has 0 aliphatic heterocycles. The molecular formula is C15H13Cl2NO3S. The Labute approximate surface area is 139 Å². The van der Waals surface area contributed by atoms with Gasteiger partial charge >= 0.3 is 0 Å². The van der Waals surface area contributed by atoms with Gasteiger partial charge in [0, 0.05) is 11.9 Å². The summed E-state index contributed by atoms with van der Waals surface area (Å²) in [5.74, 6) is -0.231. The fourth-order valence-corrected chi connectivity index (χ4v) is 2.78. The molecule has 0 atom stereocenters. The molecule has 4 nitrogen and oxygen atoms in total. The molecule has 2 aromatic carbocycles. The molecule has 0 aromatic heterocycles. The van der Waals surface area contributed by atoms with E-state index in [2.05, 4.69) is 5.32 Å². The first-order chi connectivity index (χ1) is 10.3. The van der Waals surface area contributed by atoms with Gasteiger partial charge in [0.1, 0.15) is 0 Å². The van der Waals surface area contributed by atoms with Crippen molar-refractivity contribution >= 4 is 44.6 Å². The number of nitrogens with one attached hydrogen (secondary N) is 1. The van der Waals surface area contributed by atoms with Crippen LogP contribution in [0.25, 0.3) is 0 Å². The standard InChI is InChI=1S/C15H13Cl2NO3S/c1-22(20,21)12-5-3-11(4-6-12)18-15(19)9-10-2-7-13(16)14(17)8-10/h2-8H,9H2,1H3,(H,18,19). The van der Waals surface area contributed by atoms with Crippen LogP contribution in [0.1, 0.15) is 5.56 Å². The fraction of sp³-hybridized carbons (Fsp3) is 0.133. The summed E-state index contributed by atoms with van der Waals surface area (Å²) in [5, 5.41) is 3.52. The van der Waals surface area contributed by atoms with Crippen LogP contribution in [-0.2, 0) is 21.1 Å². The van der Waals surface area contributed by atoms with Gasteiger partial charge in [-0.25, -0.2) is 8.42 Å². The highest BCUT2D eigenvalue weighted by Gasteiger charge is 2.09. The first-order valence-corrected chi connectivity index (χ1v) is 8.94. The summed E-state index contributed by atoms with van der Waals surface area (Å²) in [4.78, 5) is 12.2. The van der Waals surface area contributed by atoms with Crippen molar-refractivity contribution in [3.05, 3.63) is 58.1 Å². The van der Waals surface area contributed by atoms with Gasteiger partial charge in [0.25, 0.3) is 0 Å². The van der Waals surface area contributed by atoms with Gasteiger partial charge in [0.05, 0.1) is 21.4 Å². The zero-order valence-corrected chi connectivity index (χ0v) is 14.0. The van der Waals surface area contributed by atoms with Crippen molar-refractivity contribution < 1.29 is 13.2 Å². The molecule has 0 spiro atoms. The van der Waals surface area contributed by atoms with E-state index in [4.69, 9.17) is 23.2 Å². The number of amides is 1. The Balaban J connectivity index is 2.04. The van der Waals surface area contributed by atoms with Crippen molar-refractivity contribution in [2.75, 3.05) is 11.6 Å². The van der Waals surface area contributed by atoms with Gasteiger partial charge in [-0.2, -0.15) is 0 Å². The Hall–Kier alpha value is -1.56. The largest absolute Gasteiger partial charge is 0.326 e. The van der Waals surface area contributed by atoms with Gasteiger partial charge in [-0.15, -0.1) is 0 Å². The van der Waals surface area contributed by atoms with Crippen LogP contribution in [0.3, 0.4) is 0 Å². The van der Waals surface area contributed by atoms with E-state index in [9.17, 15) is 13.2 Å². The molecule has 0 radical (unpaired) electrons. The van der Waals surface area contributed by atoms with Crippen LogP contribution in [0.5, 0.6) is 0 Å². The Morgan fingerprint density at radius 1 is 1.05 bits per heavy atom. The fourth-order valence-electron chi connectivity index (χ4n) is 1.83. The second-order valence-corrected chi connectivity index (χ2v) is 7.60. The average molecular weight is 358 g/mol. The summed E-state index contributed by atoms with van der Waals surface area (Å²) in [5.41, 5.74) is 1.26. The van der Waals surface area contributed by atoms with E-state index in [-0.39, 0.29) is 17.2 Å². The molecule has 0 heterocycles. The lowest BCUT2D eigenvalue weighted by atomic mass is 10.1. The maximum absolute atomic E-state index is 12.0. The smallest absolute Gasteiger partial charge is 0.228 e. The Kier molecular flexibility index (Phi) is 5.11. The second-order valence-electron chi connectivity index (χ2n) is 4.77. The van der Waals surface area contributed by atoms with Crippen LogP contribution in [0.4, 0.5) is 5.69 Å². The van der Waals surface area contributed by atoms with Crippen LogP contribution in [0.2, 0.25) is 10.0 Å². The minimum absolute atomic E-state index is 0.144. The monoisotopic (exact) mass is 357 g/mol. The van der Waals surface area contributed by atoms with Crippen molar-refractivity contribution in [3.8, 4) is 0 Å². The lowest BCUT2D eigenvalue weighted by molar-refractivity contribution is -0.115. The first-order valence-electron chi connectivity index (χ1n) is 6.29. The highest BCUT2D eigenvalue weighted by molar-refractivity contribution is 7.90. The molecule has 0 aliphatic rings. The molecule has 1 N–H and O–H groups in total. The third-order valence-corrected chi connectivity index (χ3v) is 4.78. The first kappa shape index (κ1) is 16.8. The summed E-state index contributed by atoms with van der Waals surface area (Å²) < 4.78 is 22.7. The number of hydrogen-bond donors (Lipinski definition) is 1. The molecule has 22 heavy (non-hydrogen) atoms. The maximum atomic E-state index is 12.0. The van der Waals surface area contributed by atoms with E-state index in [0.29, 0.717) is 15.7 Å². The van der Waals surface area contributed by atoms with Gasteiger partial charge in [-0.1, -0.05) is 29.3 Å². The van der Waals surface area contributed by atoms with E-state index in [1.807, 2.05) is 0 Å². The molecular weight excluding hydrogens is 345 g/mol. The van der Waals surface area contributed by atoms with Crippen LogP contribution < -0.4 is 5.32 Å². The normalized spacial score (nSPS) is 11.2. The molecule has 116 valence electrons. The molecule has 2 rings (SSSR count). The third-order valence-electron chi connectivity index (χ3n) is 2.91. The van der Waals surface area contributed by atoms with Crippen molar-refractivity contribution in [3.63, 3.8) is 0 Å². The van der Waals surface area contributed by atoms with Crippen LogP contribution in [0.15, 0.2) is 47.4 Å². The summed E-state index contributed by atoms with van der Waals surface area (Å²) in [6.07, 6.45) is 1.27. The number of sulfone groups is 1. The number of halogens is 2. The molecule has 1 amide bonds. The molecule has 0 unspecified atom stereocenters. The molecule has 0 saturated carbocycles. The molecule has 0 fully saturated rings. The van der Waals surface area contributed by atoms with Crippen molar-refractivity contribution in [2.24, 2.45) is 0 Å². The van der Waals surface area contributed by atoms with Gasteiger partial charge in [0.2, 0.25) is 5.91 Å². The van der Waals surface area contributed by atoms with Crippen molar-refractivity contribution in [2.45, 2.75) is 11.3 Å². The lowest BCUT2D eigenvalue weighted by Gasteiger charge is -2.07. The van der Waals surface area contributed by atoms with Gasteiger partial charge in [-0.05, 0) is 42.0 Å². The maximum Gasteiger partial charge on any atom is 0.228 e. The van der Waals surface area contributed by atoms with E-state index < -0.39 is 9.84 Å². The number of rotatable bonds is 4. The molecule has 0 aliphatic carbocycles. The summed E-state index contributed by atoms with van der Waals surface area (Å²) >= 11 is 11.7. The van der Waals surface area contributed by atoms with Crippen LogP contribution in [-0.4, -0.2) is 20.6 Å². The Morgan fingerprint density at radius 2 is 1.68 bits per heavy atom. The zero-order valence-electron chi connectivity index (χ0n) is 11.6. The Bertz CT molecular complexity index is 802. The number of benzene rings is 2. The summed E-state index contributed by atoms with van der Waals surface area (Å²) in [6.45, 7) is 0. The number of carbonyl (C=O) groups excluding carboxylic acids is 1. The topological polar surface area (TPSA) is 63.2 Å². The lowest BCUT2D eigenvalue weighted by Crippen LogP contribution is -2.14. The van der Waals surface area contributed by atoms with Crippen molar-refractivity contribution in [1.82, 2.24) is 0 Å². The molecule has 7 heteroatoms. The quantitative estimate of drug-likeness (QED) is 0.909. The Morgan fingerprint density at radius 3 is 2.23 bits per heavy atom. The highest BCUT2D eigenvalue weighted by Crippen LogP contribution is 2.23. The SMILES string of the molecule is CS(=O)(=O)c1ccc(NC(=O)Cc2ccc(Cl)c(Cl)c2)cc1. The number of anilines is 1. The van der Waals surface area contributed by atoms with Gasteiger partial charge in [-0.3, -0.25) is 4.79 Å². The van der Waals surface area contributed by atoms with Gasteiger partial charge < -0.3 is 5.32 Å². The second kappa shape index (κ2) is 6.69. The zero-order chi connectivity index (χ0) is 16.3. The third kappa shape index (κ3) is 4.47. The van der Waals surface area contributed by atoms with Gasteiger partial charge in [0.15, 0.2) is 9.84 Å². The van der Waals surface area contributed by atoms with E-state index in [1.54, 1.807) is 30.3 Å². The minimum atomic E-state index is -3.25. The summed E-state index contributed by atoms with van der Waals surface area (Å²) in [6, 6.07) is 11.0. The molecule has 0 bridgehead atoms. The predicted molar refractivity (Wildman–Crippen MR) is 88.3 cm³/mol.